The van der Waals surface area contributed by atoms with E-state index in [1.54, 1.807) is 24.3 Å². The average molecular weight is 365 g/mol. The Kier molecular flexibility index (Phi) is 5.59. The number of likely N-dealkylation sites (tertiary alicyclic amines) is 1. The van der Waals surface area contributed by atoms with Crippen LogP contribution < -0.4 is 4.90 Å². The fourth-order valence-electron chi connectivity index (χ4n) is 3.45. The lowest BCUT2D eigenvalue weighted by atomic mass is 10.0. The summed E-state index contributed by atoms with van der Waals surface area (Å²) in [6.45, 7) is 2.07. The van der Waals surface area contributed by atoms with Crippen molar-refractivity contribution in [1.29, 1.82) is 0 Å². The molecular formula is C19H23ClNO2S+. The van der Waals surface area contributed by atoms with Gasteiger partial charge in [0.1, 0.15) is 11.8 Å². The summed E-state index contributed by atoms with van der Waals surface area (Å²) in [5.41, 5.74) is 1.10. The highest BCUT2D eigenvalue weighted by molar-refractivity contribution is 7.91. The Morgan fingerprint density at radius 2 is 1.54 bits per heavy atom. The summed E-state index contributed by atoms with van der Waals surface area (Å²) in [5.74, 6) is 0.133. The van der Waals surface area contributed by atoms with Crippen LogP contribution in [0.2, 0.25) is 5.02 Å². The van der Waals surface area contributed by atoms with Crippen LogP contribution >= 0.6 is 11.6 Å². The molecule has 0 unspecified atom stereocenters. The molecule has 0 aliphatic carbocycles. The molecule has 1 fully saturated rings. The summed E-state index contributed by atoms with van der Waals surface area (Å²) >= 11 is 5.89. The Morgan fingerprint density at radius 1 is 0.917 bits per heavy atom. The Bertz CT molecular complexity index is 754. The van der Waals surface area contributed by atoms with E-state index in [0.717, 1.165) is 18.7 Å². The lowest BCUT2D eigenvalue weighted by molar-refractivity contribution is -0.933. The smallest absolute Gasteiger partial charge is 0.184 e. The number of quaternary nitrogens is 1. The van der Waals surface area contributed by atoms with E-state index in [-0.39, 0.29) is 11.8 Å². The molecule has 2 aromatic rings. The molecule has 1 aliphatic rings. The van der Waals surface area contributed by atoms with E-state index in [9.17, 15) is 8.42 Å². The lowest BCUT2D eigenvalue weighted by Crippen LogP contribution is -3.13. The van der Waals surface area contributed by atoms with Gasteiger partial charge in [0.15, 0.2) is 9.84 Å². The fourth-order valence-corrected chi connectivity index (χ4v) is 5.18. The quantitative estimate of drug-likeness (QED) is 0.885. The van der Waals surface area contributed by atoms with Crippen LogP contribution in [-0.4, -0.2) is 27.3 Å². The SMILES string of the molecule is O=S(=O)(C[C@@H](c1ccccc1)[NH+]1CCCCC1)c1ccc(Cl)cc1. The normalized spacial score (nSPS) is 17.5. The fraction of sp³-hybridized carbons (Fsp3) is 0.368. The van der Waals surface area contributed by atoms with Gasteiger partial charge in [0, 0.05) is 10.6 Å². The van der Waals surface area contributed by atoms with Crippen molar-refractivity contribution in [2.45, 2.75) is 30.2 Å². The summed E-state index contributed by atoms with van der Waals surface area (Å²) in [5, 5.41) is 0.551. The number of halogens is 1. The summed E-state index contributed by atoms with van der Waals surface area (Å²) in [6.07, 6.45) is 3.58. The zero-order valence-corrected chi connectivity index (χ0v) is 15.2. The first kappa shape index (κ1) is 17.5. The maximum Gasteiger partial charge on any atom is 0.184 e. The molecule has 128 valence electrons. The molecule has 1 N–H and O–H groups in total. The van der Waals surface area contributed by atoms with E-state index in [1.807, 2.05) is 30.3 Å². The van der Waals surface area contributed by atoms with Crippen molar-refractivity contribution < 1.29 is 13.3 Å². The Hall–Kier alpha value is -1.36. The molecule has 3 rings (SSSR count). The molecule has 1 heterocycles. The minimum atomic E-state index is -3.35. The van der Waals surface area contributed by atoms with Gasteiger partial charge in [-0.25, -0.2) is 8.42 Å². The molecule has 1 aliphatic heterocycles. The van der Waals surface area contributed by atoms with Crippen molar-refractivity contribution in [3.05, 3.63) is 65.2 Å². The summed E-state index contributed by atoms with van der Waals surface area (Å²) < 4.78 is 25.8. The zero-order chi connectivity index (χ0) is 17.0. The third-order valence-electron chi connectivity index (χ3n) is 4.75. The number of nitrogens with one attached hydrogen (secondary N) is 1. The molecule has 1 atom stereocenters. The van der Waals surface area contributed by atoms with Gasteiger partial charge >= 0.3 is 0 Å². The van der Waals surface area contributed by atoms with Crippen LogP contribution in [0.1, 0.15) is 30.9 Å². The molecule has 0 bridgehead atoms. The second kappa shape index (κ2) is 7.68. The van der Waals surface area contributed by atoms with E-state index < -0.39 is 9.84 Å². The lowest BCUT2D eigenvalue weighted by Gasteiger charge is -2.31. The van der Waals surface area contributed by atoms with Gasteiger partial charge in [-0.05, 0) is 43.5 Å². The van der Waals surface area contributed by atoms with Gasteiger partial charge in [-0.3, -0.25) is 0 Å². The van der Waals surface area contributed by atoms with Crippen molar-refractivity contribution >= 4 is 21.4 Å². The number of benzene rings is 2. The van der Waals surface area contributed by atoms with Crippen molar-refractivity contribution in [1.82, 2.24) is 0 Å². The summed E-state index contributed by atoms with van der Waals surface area (Å²) in [7, 11) is -3.35. The van der Waals surface area contributed by atoms with E-state index in [0.29, 0.717) is 9.92 Å². The van der Waals surface area contributed by atoms with E-state index in [1.165, 1.54) is 24.2 Å². The molecule has 0 aromatic heterocycles. The standard InChI is InChI=1S/C19H22ClNO2S/c20-17-9-11-18(12-10-17)24(22,23)15-19(16-7-3-1-4-8-16)21-13-5-2-6-14-21/h1,3-4,7-12,19H,2,5-6,13-15H2/p+1/t19-/m0/s1. The second-order valence-corrected chi connectivity index (χ2v) is 8.89. The van der Waals surface area contributed by atoms with Crippen molar-refractivity contribution in [2.75, 3.05) is 18.8 Å². The summed E-state index contributed by atoms with van der Waals surface area (Å²) in [6, 6.07) is 16.5. The first-order valence-electron chi connectivity index (χ1n) is 8.44. The topological polar surface area (TPSA) is 38.6 Å². The molecule has 0 saturated carbocycles. The monoisotopic (exact) mass is 364 g/mol. The van der Waals surface area contributed by atoms with Crippen molar-refractivity contribution in [2.24, 2.45) is 0 Å². The Morgan fingerprint density at radius 3 is 2.17 bits per heavy atom. The van der Waals surface area contributed by atoms with Crippen molar-refractivity contribution in [3.63, 3.8) is 0 Å². The number of piperidine rings is 1. The maximum atomic E-state index is 12.9. The van der Waals surface area contributed by atoms with Gasteiger partial charge in [0.2, 0.25) is 0 Å². The van der Waals surface area contributed by atoms with Gasteiger partial charge in [0.05, 0.1) is 18.0 Å². The third-order valence-corrected chi connectivity index (χ3v) is 6.76. The van der Waals surface area contributed by atoms with E-state index in [2.05, 4.69) is 0 Å². The predicted molar refractivity (Wildman–Crippen MR) is 97.2 cm³/mol. The molecule has 3 nitrogen and oxygen atoms in total. The second-order valence-electron chi connectivity index (χ2n) is 6.42. The van der Waals surface area contributed by atoms with Crippen LogP contribution in [0.15, 0.2) is 59.5 Å². The first-order valence-corrected chi connectivity index (χ1v) is 10.5. The third kappa shape index (κ3) is 4.18. The van der Waals surface area contributed by atoms with Crippen LogP contribution in [0.5, 0.6) is 0 Å². The number of hydrogen-bond acceptors (Lipinski definition) is 2. The average Bonchev–Trinajstić information content (AvgIpc) is 2.62. The Labute approximate surface area is 149 Å². The molecule has 1 saturated heterocycles. The molecule has 0 spiro atoms. The van der Waals surface area contributed by atoms with Crippen LogP contribution in [-0.2, 0) is 9.84 Å². The van der Waals surface area contributed by atoms with Crippen LogP contribution in [0, 0.1) is 0 Å². The maximum absolute atomic E-state index is 12.9. The van der Waals surface area contributed by atoms with Gasteiger partial charge in [-0.2, -0.15) is 0 Å². The number of rotatable bonds is 5. The predicted octanol–water partition coefficient (Wildman–Crippen LogP) is 2.92. The summed E-state index contributed by atoms with van der Waals surface area (Å²) in [4.78, 5) is 1.73. The van der Waals surface area contributed by atoms with Gasteiger partial charge in [-0.1, -0.05) is 41.9 Å². The molecule has 0 amide bonds. The minimum Gasteiger partial charge on any atom is -0.328 e. The zero-order valence-electron chi connectivity index (χ0n) is 13.6. The van der Waals surface area contributed by atoms with Gasteiger partial charge < -0.3 is 4.90 Å². The number of sulfone groups is 1. The van der Waals surface area contributed by atoms with E-state index in [4.69, 9.17) is 11.6 Å². The van der Waals surface area contributed by atoms with Crippen LogP contribution in [0.25, 0.3) is 0 Å². The van der Waals surface area contributed by atoms with Crippen molar-refractivity contribution in [3.8, 4) is 0 Å². The Balaban J connectivity index is 1.89. The molecule has 2 aromatic carbocycles. The minimum absolute atomic E-state index is 0.0211. The molecule has 24 heavy (non-hydrogen) atoms. The molecule has 5 heteroatoms. The molecule has 0 radical (unpaired) electrons. The highest BCUT2D eigenvalue weighted by atomic mass is 35.5. The van der Waals surface area contributed by atoms with Crippen LogP contribution in [0.4, 0.5) is 0 Å². The highest BCUT2D eigenvalue weighted by Gasteiger charge is 2.31. The highest BCUT2D eigenvalue weighted by Crippen LogP contribution is 2.20. The first-order chi connectivity index (χ1) is 11.6. The van der Waals surface area contributed by atoms with E-state index >= 15 is 0 Å². The van der Waals surface area contributed by atoms with Gasteiger partial charge in [0.25, 0.3) is 0 Å². The number of hydrogen-bond donors (Lipinski definition) is 1. The van der Waals surface area contributed by atoms with Gasteiger partial charge in [-0.15, -0.1) is 0 Å². The molecular weight excluding hydrogens is 342 g/mol. The largest absolute Gasteiger partial charge is 0.328 e. The van der Waals surface area contributed by atoms with Crippen LogP contribution in [0.3, 0.4) is 0 Å².